The average molecular weight is 591 g/mol. The van der Waals surface area contributed by atoms with Crippen molar-refractivity contribution in [1.82, 2.24) is 4.57 Å². The van der Waals surface area contributed by atoms with Gasteiger partial charge in [-0.15, -0.1) is 0 Å². The Morgan fingerprint density at radius 2 is 2.08 bits per heavy atom. The number of amides is 1. The van der Waals surface area contributed by atoms with E-state index in [1.807, 2.05) is 25.1 Å². The number of aliphatic imine (C=N–C) groups is 1. The van der Waals surface area contributed by atoms with Crippen molar-refractivity contribution >= 4 is 80.0 Å². The Morgan fingerprint density at radius 3 is 2.86 bits per heavy atom. The maximum atomic E-state index is 12.6. The van der Waals surface area contributed by atoms with Crippen LogP contribution in [-0.2, 0) is 16.1 Å². The molecule has 3 aromatic rings. The van der Waals surface area contributed by atoms with Crippen molar-refractivity contribution in [3.05, 3.63) is 71.6 Å². The van der Waals surface area contributed by atoms with E-state index in [2.05, 4.69) is 26.2 Å². The normalized spacial score (nSPS) is 13.1. The van der Waals surface area contributed by atoms with Gasteiger partial charge in [-0.2, -0.15) is 0 Å². The number of halogens is 2. The summed E-state index contributed by atoms with van der Waals surface area (Å²) in [7, 11) is 0. The molecule has 0 fully saturated rings. The Labute approximate surface area is 224 Å². The van der Waals surface area contributed by atoms with Crippen LogP contribution >= 0.6 is 38.9 Å². The Balaban J connectivity index is 1.49. The number of nitrogens with zero attached hydrogens (tertiary/aromatic N) is 2. The number of carbonyl (C=O) groups is 2. The first kappa shape index (κ1) is 25.9. The van der Waals surface area contributed by atoms with Crippen LogP contribution in [0.3, 0.4) is 0 Å². The molecule has 1 amide bonds. The smallest absolute Gasteiger partial charge is 0.339 e. The third-order valence-corrected chi connectivity index (χ3v) is 7.03. The number of carbonyl (C=O) groups excluding carboxylic acids is 2. The van der Waals surface area contributed by atoms with E-state index in [1.54, 1.807) is 12.3 Å². The van der Waals surface area contributed by atoms with Crippen molar-refractivity contribution in [2.75, 3.05) is 11.9 Å². The fourth-order valence-corrected chi connectivity index (χ4v) is 4.85. The van der Waals surface area contributed by atoms with E-state index in [0.717, 1.165) is 50.0 Å². The number of benzene rings is 2. The molecule has 36 heavy (non-hydrogen) atoms. The van der Waals surface area contributed by atoms with Gasteiger partial charge in [-0.05, 0) is 48.9 Å². The highest BCUT2D eigenvalue weighted by molar-refractivity contribution is 9.10. The molecule has 0 aliphatic carbocycles. The standard InChI is InChI=1S/C25H21BrClN3O5S/c1-2-3-8-35-24(33)18-11-16(5-6-19(18)27)29-22(31)13-30-23(32)21(36-25(30)34)9-14-12-28-20-7-4-15(26)10-17(14)20/h4-7,9-12,32H,2-3,8,13H2,1H3,(H,29,31). The number of hydrogen-bond donors (Lipinski definition) is 2. The van der Waals surface area contributed by atoms with Gasteiger partial charge >= 0.3 is 10.8 Å². The molecule has 0 saturated heterocycles. The average Bonchev–Trinajstić information content (AvgIpc) is 3.35. The third-order valence-electron chi connectivity index (χ3n) is 5.30. The number of thiazole rings is 1. The van der Waals surface area contributed by atoms with Gasteiger partial charge in [-0.1, -0.05) is 52.2 Å². The highest BCUT2D eigenvalue weighted by Crippen LogP contribution is 2.36. The lowest BCUT2D eigenvalue weighted by atomic mass is 10.1. The number of aromatic nitrogens is 1. The Morgan fingerprint density at radius 1 is 1.28 bits per heavy atom. The van der Waals surface area contributed by atoms with Gasteiger partial charge in [0, 0.05) is 27.5 Å². The zero-order valence-corrected chi connectivity index (χ0v) is 22.2. The number of nitrogens with one attached hydrogen (secondary N) is 1. The van der Waals surface area contributed by atoms with E-state index in [-0.39, 0.29) is 23.1 Å². The predicted molar refractivity (Wildman–Crippen MR) is 146 cm³/mol. The lowest BCUT2D eigenvalue weighted by molar-refractivity contribution is -0.116. The number of rotatable bonds is 8. The first-order valence-corrected chi connectivity index (χ1v) is 13.0. The number of anilines is 1. The summed E-state index contributed by atoms with van der Waals surface area (Å²) in [6.45, 7) is 1.84. The summed E-state index contributed by atoms with van der Waals surface area (Å²) < 4.78 is 7.05. The first-order valence-electron chi connectivity index (χ1n) is 11.0. The van der Waals surface area contributed by atoms with E-state index in [0.29, 0.717) is 10.6 Å². The lowest BCUT2D eigenvalue weighted by Gasteiger charge is -2.10. The van der Waals surface area contributed by atoms with Crippen LogP contribution in [0.25, 0.3) is 11.6 Å². The molecular weight excluding hydrogens is 570 g/mol. The van der Waals surface area contributed by atoms with Gasteiger partial charge in [0.15, 0.2) is 0 Å². The van der Waals surface area contributed by atoms with Crippen LogP contribution in [0, 0.1) is 0 Å². The molecule has 0 unspecified atom stereocenters. The largest absolute Gasteiger partial charge is 0.493 e. The van der Waals surface area contributed by atoms with E-state index < -0.39 is 23.3 Å². The number of hydrogen-bond acceptors (Lipinski definition) is 7. The molecule has 0 spiro atoms. The monoisotopic (exact) mass is 589 g/mol. The highest BCUT2D eigenvalue weighted by atomic mass is 79.9. The Kier molecular flexibility index (Phi) is 8.07. The summed E-state index contributed by atoms with van der Waals surface area (Å²) in [5.41, 5.74) is 2.81. The second kappa shape index (κ2) is 11.2. The van der Waals surface area contributed by atoms with Gasteiger partial charge in [0.05, 0.1) is 27.8 Å². The predicted octanol–water partition coefficient (Wildman–Crippen LogP) is 5.88. The molecule has 2 N–H and O–H groups in total. The topological polar surface area (TPSA) is 110 Å². The molecule has 8 nitrogen and oxygen atoms in total. The van der Waals surface area contributed by atoms with Gasteiger partial charge in [0.25, 0.3) is 0 Å². The molecule has 2 aromatic carbocycles. The van der Waals surface area contributed by atoms with Gasteiger partial charge in [0.2, 0.25) is 11.8 Å². The molecule has 1 aliphatic heterocycles. The van der Waals surface area contributed by atoms with Crippen LogP contribution < -0.4 is 10.2 Å². The summed E-state index contributed by atoms with van der Waals surface area (Å²) in [4.78, 5) is 41.6. The third kappa shape index (κ3) is 5.77. The summed E-state index contributed by atoms with van der Waals surface area (Å²) in [5.74, 6) is -1.47. The van der Waals surface area contributed by atoms with Gasteiger partial charge in [-0.25, -0.2) is 4.79 Å². The summed E-state index contributed by atoms with van der Waals surface area (Å²) in [6, 6.07) is 10.1. The van der Waals surface area contributed by atoms with Crippen LogP contribution in [0.15, 0.2) is 50.7 Å². The number of esters is 1. The second-order valence-corrected chi connectivity index (χ2v) is 10.2. The fourth-order valence-electron chi connectivity index (χ4n) is 3.46. The molecule has 4 rings (SSSR count). The van der Waals surface area contributed by atoms with E-state index in [9.17, 15) is 19.5 Å². The molecule has 0 bridgehead atoms. The van der Waals surface area contributed by atoms with Crippen molar-refractivity contribution in [3.8, 4) is 5.88 Å². The van der Waals surface area contributed by atoms with Crippen LogP contribution in [0.4, 0.5) is 11.4 Å². The molecule has 2 heterocycles. The molecule has 0 saturated carbocycles. The van der Waals surface area contributed by atoms with Gasteiger partial charge in [-0.3, -0.25) is 19.1 Å². The summed E-state index contributed by atoms with van der Waals surface area (Å²) >= 11 is 10.4. The van der Waals surface area contributed by atoms with Crippen molar-refractivity contribution in [1.29, 1.82) is 0 Å². The van der Waals surface area contributed by atoms with E-state index in [1.165, 1.54) is 18.2 Å². The number of unbranched alkanes of at least 4 members (excludes halogenated alkanes) is 1. The minimum absolute atomic E-state index is 0.125. The molecule has 186 valence electrons. The van der Waals surface area contributed by atoms with Gasteiger partial charge < -0.3 is 15.2 Å². The van der Waals surface area contributed by atoms with E-state index >= 15 is 0 Å². The zero-order valence-electron chi connectivity index (χ0n) is 19.1. The van der Waals surface area contributed by atoms with Crippen LogP contribution in [0.5, 0.6) is 5.88 Å². The first-order chi connectivity index (χ1) is 17.3. The number of ether oxygens (including phenoxy) is 1. The summed E-state index contributed by atoms with van der Waals surface area (Å²) in [5, 5.41) is 13.5. The SMILES string of the molecule is CCCCOC(=O)c1cc(NC(=O)Cn2c(O)c(C=C3C=Nc4ccc(Br)cc43)sc2=O)ccc1Cl. The number of fused-ring (bicyclic) bond motifs is 1. The van der Waals surface area contributed by atoms with Crippen LogP contribution in [0.1, 0.15) is 40.6 Å². The molecule has 0 atom stereocenters. The van der Waals surface area contributed by atoms with Gasteiger partial charge in [0.1, 0.15) is 6.54 Å². The number of aromatic hydroxyl groups is 1. The molecule has 0 radical (unpaired) electrons. The van der Waals surface area contributed by atoms with Crippen molar-refractivity contribution in [2.24, 2.45) is 4.99 Å². The van der Waals surface area contributed by atoms with Crippen LogP contribution in [0.2, 0.25) is 5.02 Å². The second-order valence-electron chi connectivity index (χ2n) is 7.89. The number of allylic oxidation sites excluding steroid dienone is 1. The maximum Gasteiger partial charge on any atom is 0.339 e. The van der Waals surface area contributed by atoms with Crippen molar-refractivity contribution in [3.63, 3.8) is 0 Å². The molecule has 1 aliphatic rings. The quantitative estimate of drug-likeness (QED) is 0.251. The fraction of sp³-hybridized carbons (Fsp3) is 0.200. The summed E-state index contributed by atoms with van der Waals surface area (Å²) in [6.07, 6.45) is 4.92. The van der Waals surface area contributed by atoms with E-state index in [4.69, 9.17) is 16.3 Å². The minimum atomic E-state index is -0.585. The zero-order chi connectivity index (χ0) is 25.8. The molecule has 1 aromatic heterocycles. The molecule has 11 heteroatoms. The maximum absolute atomic E-state index is 12.6. The van der Waals surface area contributed by atoms with Crippen LogP contribution in [-0.4, -0.2) is 34.4 Å². The minimum Gasteiger partial charge on any atom is -0.493 e. The Hall–Kier alpha value is -3.21. The lowest BCUT2D eigenvalue weighted by Crippen LogP contribution is -2.24. The Bertz CT molecular complexity index is 1460. The molecular formula is C25H21BrClN3O5S. The van der Waals surface area contributed by atoms with Crippen molar-refractivity contribution < 1.29 is 19.4 Å². The van der Waals surface area contributed by atoms with Crippen molar-refractivity contribution in [2.45, 2.75) is 26.3 Å². The highest BCUT2D eigenvalue weighted by Gasteiger charge is 2.19.